The predicted molar refractivity (Wildman–Crippen MR) is 104 cm³/mol. The van der Waals surface area contributed by atoms with Gasteiger partial charge >= 0.3 is 6.18 Å². The van der Waals surface area contributed by atoms with Crippen LogP contribution in [0.3, 0.4) is 0 Å². The summed E-state index contributed by atoms with van der Waals surface area (Å²) in [5.74, 6) is -0.977. The van der Waals surface area contributed by atoms with Crippen molar-refractivity contribution in [2.75, 3.05) is 0 Å². The minimum Gasteiger partial charge on any atom is -0.464 e. The highest BCUT2D eigenvalue weighted by molar-refractivity contribution is 6.20. The first-order valence-electron chi connectivity index (χ1n) is 8.75. The molecule has 28 heavy (non-hydrogen) atoms. The Hall–Kier alpha value is -3.47. The maximum Gasteiger partial charge on any atom is 0.449 e. The second kappa shape index (κ2) is 5.07. The van der Waals surface area contributed by atoms with Crippen LogP contribution in [0.25, 0.3) is 54.3 Å². The van der Waals surface area contributed by atoms with Gasteiger partial charge in [-0.2, -0.15) is 13.2 Å². The Labute approximate surface area is 155 Å². The fourth-order valence-electron chi connectivity index (χ4n) is 4.01. The molecule has 4 aromatic carbocycles. The van der Waals surface area contributed by atoms with E-state index in [1.807, 2.05) is 36.4 Å². The Balaban J connectivity index is 1.71. The minimum absolute atomic E-state index is 0.236. The summed E-state index contributed by atoms with van der Waals surface area (Å²) in [7, 11) is 0. The molecule has 5 heteroatoms. The van der Waals surface area contributed by atoms with Crippen molar-refractivity contribution >= 4 is 54.3 Å². The molecule has 0 unspecified atom stereocenters. The highest BCUT2D eigenvalue weighted by atomic mass is 19.4. The average Bonchev–Trinajstić information content (AvgIpc) is 3.29. The molecule has 0 saturated heterocycles. The maximum absolute atomic E-state index is 13.0. The van der Waals surface area contributed by atoms with E-state index < -0.39 is 11.9 Å². The monoisotopic (exact) mass is 376 g/mol. The molecule has 0 saturated carbocycles. The third kappa shape index (κ3) is 2.10. The van der Waals surface area contributed by atoms with Crippen molar-refractivity contribution < 1.29 is 22.0 Å². The van der Waals surface area contributed by atoms with Gasteiger partial charge in [0.1, 0.15) is 11.2 Å². The average molecular weight is 376 g/mol. The molecule has 0 aliphatic heterocycles. The molecule has 2 heterocycles. The summed E-state index contributed by atoms with van der Waals surface area (Å²) in [5, 5.41) is 7.37. The Bertz CT molecular complexity index is 1550. The van der Waals surface area contributed by atoms with Crippen molar-refractivity contribution in [1.82, 2.24) is 0 Å². The SMILES string of the molecule is FC(F)(F)c1cc2cc3c(ccc4c5cc6ccoc6cc5ccc34)cc2o1. The number of hydrogen-bond donors (Lipinski definition) is 0. The molecule has 0 spiro atoms. The first-order valence-corrected chi connectivity index (χ1v) is 8.75. The minimum atomic E-state index is -4.50. The van der Waals surface area contributed by atoms with Crippen molar-refractivity contribution in [3.05, 3.63) is 72.7 Å². The summed E-state index contributed by atoms with van der Waals surface area (Å²) in [6.07, 6.45) is -2.84. The van der Waals surface area contributed by atoms with Crippen molar-refractivity contribution in [3.63, 3.8) is 0 Å². The zero-order valence-electron chi connectivity index (χ0n) is 14.3. The van der Waals surface area contributed by atoms with Crippen LogP contribution in [0.2, 0.25) is 0 Å². The van der Waals surface area contributed by atoms with Gasteiger partial charge in [0.05, 0.1) is 6.26 Å². The highest BCUT2D eigenvalue weighted by Crippen LogP contribution is 2.38. The molecule has 0 amide bonds. The number of furan rings is 2. The molecule has 136 valence electrons. The lowest BCUT2D eigenvalue weighted by Crippen LogP contribution is -2.01. The van der Waals surface area contributed by atoms with Crippen LogP contribution in [0.15, 0.2) is 75.8 Å². The maximum atomic E-state index is 13.0. The van der Waals surface area contributed by atoms with Gasteiger partial charge in [0.25, 0.3) is 0 Å². The molecule has 0 aliphatic carbocycles. The van der Waals surface area contributed by atoms with Gasteiger partial charge in [-0.1, -0.05) is 24.3 Å². The molecule has 0 radical (unpaired) electrons. The fourth-order valence-corrected chi connectivity index (χ4v) is 4.01. The lowest BCUT2D eigenvalue weighted by molar-refractivity contribution is -0.152. The molecule has 0 bridgehead atoms. The zero-order valence-corrected chi connectivity index (χ0v) is 14.3. The van der Waals surface area contributed by atoms with E-state index in [9.17, 15) is 13.2 Å². The third-order valence-corrected chi connectivity index (χ3v) is 5.32. The van der Waals surface area contributed by atoms with E-state index >= 15 is 0 Å². The summed E-state index contributed by atoms with van der Waals surface area (Å²) in [6.45, 7) is 0. The molecular formula is C23H11F3O2. The van der Waals surface area contributed by atoms with Crippen molar-refractivity contribution in [2.24, 2.45) is 0 Å². The van der Waals surface area contributed by atoms with E-state index in [1.54, 1.807) is 18.4 Å². The molecule has 0 fully saturated rings. The van der Waals surface area contributed by atoms with Crippen molar-refractivity contribution in [1.29, 1.82) is 0 Å². The van der Waals surface area contributed by atoms with E-state index in [4.69, 9.17) is 8.83 Å². The van der Waals surface area contributed by atoms with Gasteiger partial charge in [-0.3, -0.25) is 0 Å². The normalized spacial score (nSPS) is 12.8. The second-order valence-electron chi connectivity index (χ2n) is 6.98. The first-order chi connectivity index (χ1) is 13.5. The largest absolute Gasteiger partial charge is 0.464 e. The molecule has 2 aromatic heterocycles. The molecule has 0 atom stereocenters. The van der Waals surface area contributed by atoms with Crippen LogP contribution in [0.1, 0.15) is 5.76 Å². The first kappa shape index (κ1) is 15.6. The third-order valence-electron chi connectivity index (χ3n) is 5.32. The van der Waals surface area contributed by atoms with Gasteiger partial charge < -0.3 is 8.83 Å². The molecule has 0 N–H and O–H groups in total. The fraction of sp³-hybridized carbons (Fsp3) is 0.0435. The van der Waals surface area contributed by atoms with Crippen LogP contribution in [-0.4, -0.2) is 0 Å². The molecule has 6 aromatic rings. The van der Waals surface area contributed by atoms with Gasteiger partial charge in [-0.25, -0.2) is 0 Å². The second-order valence-corrected chi connectivity index (χ2v) is 6.98. The van der Waals surface area contributed by atoms with Gasteiger partial charge in [0.2, 0.25) is 5.76 Å². The van der Waals surface area contributed by atoms with Crippen LogP contribution in [-0.2, 0) is 6.18 Å². The molecule has 2 nitrogen and oxygen atoms in total. The molecule has 6 rings (SSSR count). The smallest absolute Gasteiger partial charge is 0.449 e. The summed E-state index contributed by atoms with van der Waals surface area (Å²) < 4.78 is 49.5. The quantitative estimate of drug-likeness (QED) is 0.254. The number of rotatable bonds is 0. The van der Waals surface area contributed by atoms with Gasteiger partial charge in [-0.15, -0.1) is 0 Å². The van der Waals surface area contributed by atoms with Crippen LogP contribution in [0.4, 0.5) is 13.2 Å². The number of halogens is 3. The Kier molecular flexibility index (Phi) is 2.82. The van der Waals surface area contributed by atoms with Crippen molar-refractivity contribution in [2.45, 2.75) is 6.18 Å². The summed E-state index contributed by atoms with van der Waals surface area (Å²) in [5.41, 5.74) is 1.06. The molecule has 0 aliphatic rings. The Morgan fingerprint density at radius 1 is 0.571 bits per heavy atom. The summed E-state index contributed by atoms with van der Waals surface area (Å²) >= 11 is 0. The number of fused-ring (bicyclic) bond motifs is 7. The zero-order chi connectivity index (χ0) is 19.0. The van der Waals surface area contributed by atoms with Crippen LogP contribution in [0, 0.1) is 0 Å². The summed E-state index contributed by atoms with van der Waals surface area (Å²) in [6, 6.07) is 18.5. The highest BCUT2D eigenvalue weighted by Gasteiger charge is 2.35. The number of alkyl halides is 3. The summed E-state index contributed by atoms with van der Waals surface area (Å²) in [4.78, 5) is 0. The van der Waals surface area contributed by atoms with E-state index in [0.717, 1.165) is 49.4 Å². The molecular weight excluding hydrogens is 365 g/mol. The van der Waals surface area contributed by atoms with Crippen LogP contribution in [0.5, 0.6) is 0 Å². The van der Waals surface area contributed by atoms with E-state index in [-0.39, 0.29) is 5.58 Å². The Morgan fingerprint density at radius 3 is 1.89 bits per heavy atom. The van der Waals surface area contributed by atoms with Crippen LogP contribution < -0.4 is 0 Å². The number of benzene rings is 4. The predicted octanol–water partition coefficient (Wildman–Crippen LogP) is 7.66. The van der Waals surface area contributed by atoms with Gasteiger partial charge in [0, 0.05) is 10.8 Å². The standard InChI is InChI=1S/C23H11F3O2/c24-23(25,26)22-11-15-8-19-13(10-21(15)28-22)2-4-16-17(19)3-1-12-9-20-14(5-6-27-20)7-18(12)16/h1-11H. The van der Waals surface area contributed by atoms with Gasteiger partial charge in [0.15, 0.2) is 0 Å². The van der Waals surface area contributed by atoms with E-state index in [1.165, 1.54) is 0 Å². The van der Waals surface area contributed by atoms with Crippen LogP contribution >= 0.6 is 0 Å². The van der Waals surface area contributed by atoms with E-state index in [2.05, 4.69) is 6.07 Å². The van der Waals surface area contributed by atoms with Crippen molar-refractivity contribution in [3.8, 4) is 0 Å². The van der Waals surface area contributed by atoms with E-state index in [0.29, 0.717) is 5.39 Å². The lowest BCUT2D eigenvalue weighted by Gasteiger charge is -2.08. The number of hydrogen-bond acceptors (Lipinski definition) is 2. The topological polar surface area (TPSA) is 26.3 Å². The lowest BCUT2D eigenvalue weighted by atomic mass is 9.96. The van der Waals surface area contributed by atoms with Gasteiger partial charge in [-0.05, 0) is 68.7 Å². The Morgan fingerprint density at radius 2 is 1.21 bits per heavy atom.